The van der Waals surface area contributed by atoms with E-state index in [9.17, 15) is 0 Å². The van der Waals surface area contributed by atoms with Crippen molar-refractivity contribution >= 4 is 28.9 Å². The molecule has 3 atom stereocenters. The van der Waals surface area contributed by atoms with Crippen molar-refractivity contribution in [2.24, 2.45) is 0 Å². The second-order valence-corrected chi connectivity index (χ2v) is 12.1. The summed E-state index contributed by atoms with van der Waals surface area (Å²) < 4.78 is 12.4. The molecule has 20 heavy (non-hydrogen) atoms. The summed E-state index contributed by atoms with van der Waals surface area (Å²) in [5, 5.41) is 0.508. The summed E-state index contributed by atoms with van der Waals surface area (Å²) in [7, 11) is 0. The van der Waals surface area contributed by atoms with Crippen LogP contribution in [0.3, 0.4) is 0 Å². The van der Waals surface area contributed by atoms with Gasteiger partial charge in [-0.2, -0.15) is 0 Å². The van der Waals surface area contributed by atoms with Gasteiger partial charge in [0.2, 0.25) is 5.69 Å². The average molecular weight is 341 g/mol. The molecule has 0 saturated carbocycles. The maximum Gasteiger partial charge on any atom is 0.248 e. The summed E-state index contributed by atoms with van der Waals surface area (Å²) in [6, 6.07) is 0. The first kappa shape index (κ1) is 20.9. The van der Waals surface area contributed by atoms with Crippen LogP contribution in [0.25, 0.3) is 0 Å². The SMILES string of the molecule is CCCC(C)OP(=S)(OC(C)CCC)SC(C)CCC. The molecule has 2 nitrogen and oxygen atoms in total. The molecule has 122 valence electrons. The van der Waals surface area contributed by atoms with Gasteiger partial charge in [0.05, 0.1) is 12.2 Å². The van der Waals surface area contributed by atoms with Crippen molar-refractivity contribution in [2.75, 3.05) is 0 Å². The molecule has 0 aromatic heterocycles. The van der Waals surface area contributed by atoms with Crippen molar-refractivity contribution in [3.8, 4) is 0 Å². The molecule has 0 rings (SSSR count). The predicted molar refractivity (Wildman–Crippen MR) is 97.2 cm³/mol. The van der Waals surface area contributed by atoms with Crippen LogP contribution < -0.4 is 0 Å². The zero-order valence-corrected chi connectivity index (χ0v) is 16.6. The highest BCUT2D eigenvalue weighted by Crippen LogP contribution is 2.65. The fourth-order valence-electron chi connectivity index (χ4n) is 2.11. The molecule has 0 spiro atoms. The smallest absolute Gasteiger partial charge is 0.248 e. The van der Waals surface area contributed by atoms with Crippen LogP contribution >= 0.6 is 17.1 Å². The average Bonchev–Trinajstić information content (AvgIpc) is 2.28. The first-order valence-electron chi connectivity index (χ1n) is 8.02. The van der Waals surface area contributed by atoms with E-state index in [1.807, 2.05) is 0 Å². The monoisotopic (exact) mass is 340 g/mol. The van der Waals surface area contributed by atoms with Gasteiger partial charge in [0.1, 0.15) is 0 Å². The van der Waals surface area contributed by atoms with E-state index in [0.717, 1.165) is 25.7 Å². The number of hydrogen-bond donors (Lipinski definition) is 0. The molecular weight excluding hydrogens is 307 g/mol. The van der Waals surface area contributed by atoms with Gasteiger partial charge in [-0.1, -0.05) is 58.3 Å². The number of hydrogen-bond acceptors (Lipinski definition) is 4. The van der Waals surface area contributed by atoms with E-state index in [1.165, 1.54) is 12.8 Å². The lowest BCUT2D eigenvalue weighted by atomic mass is 10.2. The second-order valence-electron chi connectivity index (χ2n) is 5.56. The van der Waals surface area contributed by atoms with Gasteiger partial charge in [-0.15, -0.1) is 0 Å². The van der Waals surface area contributed by atoms with Crippen molar-refractivity contribution in [3.63, 3.8) is 0 Å². The maximum atomic E-state index is 6.18. The van der Waals surface area contributed by atoms with E-state index >= 15 is 0 Å². The Bertz CT molecular complexity index is 244. The summed E-state index contributed by atoms with van der Waals surface area (Å²) in [5.74, 6) is 0. The van der Waals surface area contributed by atoms with Gasteiger partial charge in [0.15, 0.2) is 0 Å². The molecule has 0 aliphatic carbocycles. The quantitative estimate of drug-likeness (QED) is 0.375. The topological polar surface area (TPSA) is 18.5 Å². The van der Waals surface area contributed by atoms with Gasteiger partial charge in [0.25, 0.3) is 0 Å². The second kappa shape index (κ2) is 11.5. The van der Waals surface area contributed by atoms with Crippen LogP contribution in [0.2, 0.25) is 0 Å². The Morgan fingerprint density at radius 1 is 0.850 bits per heavy atom. The van der Waals surface area contributed by atoms with Crippen LogP contribution in [-0.4, -0.2) is 17.5 Å². The third-order valence-electron chi connectivity index (χ3n) is 3.01. The van der Waals surface area contributed by atoms with Crippen molar-refractivity contribution in [1.29, 1.82) is 0 Å². The lowest BCUT2D eigenvalue weighted by molar-refractivity contribution is 0.157. The van der Waals surface area contributed by atoms with E-state index < -0.39 is 5.69 Å². The molecule has 0 fully saturated rings. The Labute approximate surface area is 135 Å². The Balaban J connectivity index is 4.69. The lowest BCUT2D eigenvalue weighted by Gasteiger charge is -2.29. The zero-order valence-electron chi connectivity index (χ0n) is 14.1. The molecule has 0 amide bonds. The third kappa shape index (κ3) is 9.78. The Morgan fingerprint density at radius 3 is 1.60 bits per heavy atom. The summed E-state index contributed by atoms with van der Waals surface area (Å²) in [4.78, 5) is 0. The highest BCUT2D eigenvalue weighted by Gasteiger charge is 2.27. The van der Waals surface area contributed by atoms with Crippen molar-refractivity contribution in [3.05, 3.63) is 0 Å². The van der Waals surface area contributed by atoms with Gasteiger partial charge in [-0.05, 0) is 44.9 Å². The van der Waals surface area contributed by atoms with Crippen LogP contribution in [0.4, 0.5) is 0 Å². The van der Waals surface area contributed by atoms with Crippen molar-refractivity contribution < 1.29 is 9.05 Å². The molecule has 0 aliphatic rings. The van der Waals surface area contributed by atoms with E-state index in [-0.39, 0.29) is 12.2 Å². The standard InChI is InChI=1S/C15H33O2PS2/c1-7-10-13(4)16-18(19,17-14(5)11-8-2)20-15(6)12-9-3/h13-15H,7-12H2,1-6H3. The first-order chi connectivity index (χ1) is 9.36. The Kier molecular flexibility index (Phi) is 12.0. The van der Waals surface area contributed by atoms with E-state index in [1.54, 1.807) is 11.4 Å². The highest BCUT2D eigenvalue weighted by atomic mass is 32.9. The maximum absolute atomic E-state index is 6.18. The molecule has 0 aromatic carbocycles. The zero-order chi connectivity index (χ0) is 15.6. The molecule has 0 heterocycles. The molecule has 0 aromatic rings. The molecule has 0 radical (unpaired) electrons. The molecule has 0 saturated heterocycles. The lowest BCUT2D eigenvalue weighted by Crippen LogP contribution is -2.12. The number of rotatable bonds is 12. The Hall–Kier alpha value is 0.920. The molecule has 5 heteroatoms. The summed E-state index contributed by atoms with van der Waals surface area (Å²) in [6.07, 6.45) is 7.08. The minimum absolute atomic E-state index is 0.195. The van der Waals surface area contributed by atoms with Gasteiger partial charge >= 0.3 is 0 Å². The fraction of sp³-hybridized carbons (Fsp3) is 1.00. The third-order valence-corrected chi connectivity index (χ3v) is 8.76. The van der Waals surface area contributed by atoms with E-state index in [2.05, 4.69) is 41.5 Å². The van der Waals surface area contributed by atoms with Crippen LogP contribution in [0.15, 0.2) is 0 Å². The predicted octanol–water partition coefficient (Wildman–Crippen LogP) is 6.54. The van der Waals surface area contributed by atoms with E-state index in [0.29, 0.717) is 5.25 Å². The summed E-state index contributed by atoms with van der Waals surface area (Å²) >= 11 is 7.56. The molecule has 0 aliphatic heterocycles. The highest BCUT2D eigenvalue weighted by molar-refractivity contribution is 8.68. The molecule has 0 N–H and O–H groups in total. The van der Waals surface area contributed by atoms with Gasteiger partial charge in [-0.25, -0.2) is 0 Å². The van der Waals surface area contributed by atoms with E-state index in [4.69, 9.17) is 20.9 Å². The minimum atomic E-state index is -2.23. The van der Waals surface area contributed by atoms with Crippen LogP contribution in [0, 0.1) is 0 Å². The minimum Gasteiger partial charge on any atom is -0.319 e. The van der Waals surface area contributed by atoms with Gasteiger partial charge in [0, 0.05) is 5.25 Å². The summed E-state index contributed by atoms with van der Waals surface area (Å²) in [6.45, 7) is 13.0. The fourth-order valence-corrected chi connectivity index (χ4v) is 9.16. The Morgan fingerprint density at radius 2 is 1.25 bits per heavy atom. The van der Waals surface area contributed by atoms with Crippen LogP contribution in [0.1, 0.15) is 80.1 Å². The molecule has 3 unspecified atom stereocenters. The molecular formula is C15H33O2PS2. The molecule has 0 bridgehead atoms. The van der Waals surface area contributed by atoms with Gasteiger partial charge in [-0.3, -0.25) is 0 Å². The van der Waals surface area contributed by atoms with Crippen LogP contribution in [0.5, 0.6) is 0 Å². The van der Waals surface area contributed by atoms with Crippen molar-refractivity contribution in [1.82, 2.24) is 0 Å². The largest absolute Gasteiger partial charge is 0.319 e. The summed E-state index contributed by atoms with van der Waals surface area (Å²) in [5.41, 5.74) is -2.23. The van der Waals surface area contributed by atoms with Crippen molar-refractivity contribution in [2.45, 2.75) is 97.5 Å². The normalized spacial score (nSPS) is 19.3. The van der Waals surface area contributed by atoms with Gasteiger partial charge < -0.3 is 9.05 Å². The first-order valence-corrected chi connectivity index (χ1v) is 12.1. The van der Waals surface area contributed by atoms with Crippen LogP contribution in [-0.2, 0) is 20.9 Å².